The number of hydrogen-bond donors (Lipinski definition) is 3. The van der Waals surface area contributed by atoms with E-state index in [0.717, 1.165) is 62.0 Å². The van der Waals surface area contributed by atoms with Crippen molar-refractivity contribution in [2.24, 2.45) is 0 Å². The number of anilines is 4. The highest BCUT2D eigenvalue weighted by molar-refractivity contribution is 6.32. The van der Waals surface area contributed by atoms with E-state index >= 15 is 4.39 Å². The number of nitrogens with zero attached hydrogens (tertiary/aromatic N) is 4. The lowest BCUT2D eigenvalue weighted by atomic mass is 9.79. The fourth-order valence-corrected chi connectivity index (χ4v) is 5.64. The SMILES string of the molecule is CO[C@H]1CCN(C2CCC(c3cc(F)c(Nc4ncc(Cl)c(Nc5cc(C)[nH]n5)n4)cc3C)CC2)C1. The number of aromatic nitrogens is 4. The second kappa shape index (κ2) is 10.7. The van der Waals surface area contributed by atoms with E-state index in [1.807, 2.05) is 26.0 Å². The Bertz CT molecular complexity index is 1210. The Hall–Kier alpha value is -2.75. The van der Waals surface area contributed by atoms with E-state index in [1.165, 1.54) is 6.20 Å². The lowest BCUT2D eigenvalue weighted by molar-refractivity contribution is 0.0941. The summed E-state index contributed by atoms with van der Waals surface area (Å²) >= 11 is 6.25. The second-order valence-electron chi connectivity index (χ2n) is 9.91. The summed E-state index contributed by atoms with van der Waals surface area (Å²) in [7, 11) is 1.80. The number of aryl methyl sites for hydroxylation is 2. The molecule has 2 fully saturated rings. The molecule has 192 valence electrons. The van der Waals surface area contributed by atoms with Gasteiger partial charge in [0.15, 0.2) is 11.6 Å². The lowest BCUT2D eigenvalue weighted by Gasteiger charge is -2.35. The van der Waals surface area contributed by atoms with Gasteiger partial charge in [-0.3, -0.25) is 10.00 Å². The number of benzene rings is 1. The molecule has 1 aromatic carbocycles. The topological polar surface area (TPSA) is 91.0 Å². The third-order valence-corrected chi connectivity index (χ3v) is 7.74. The van der Waals surface area contributed by atoms with Crippen molar-refractivity contribution >= 4 is 34.9 Å². The molecule has 0 amide bonds. The molecule has 2 aromatic heterocycles. The van der Waals surface area contributed by atoms with Gasteiger partial charge >= 0.3 is 0 Å². The predicted octanol–water partition coefficient (Wildman–Crippen LogP) is 5.84. The average Bonchev–Trinajstić information content (AvgIpc) is 3.52. The fraction of sp³-hybridized carbons (Fsp3) is 0.500. The van der Waals surface area contributed by atoms with Crippen LogP contribution in [-0.4, -0.2) is 57.4 Å². The second-order valence-corrected chi connectivity index (χ2v) is 10.3. The molecule has 3 heterocycles. The summed E-state index contributed by atoms with van der Waals surface area (Å²) in [6.45, 7) is 6.10. The maximum atomic E-state index is 15.2. The Kier molecular flexibility index (Phi) is 7.41. The molecule has 3 N–H and O–H groups in total. The van der Waals surface area contributed by atoms with Crippen molar-refractivity contribution in [3.8, 4) is 0 Å². The lowest BCUT2D eigenvalue weighted by Crippen LogP contribution is -2.37. The highest BCUT2D eigenvalue weighted by Crippen LogP contribution is 2.38. The monoisotopic (exact) mass is 513 g/mol. The number of likely N-dealkylation sites (tertiary alicyclic amines) is 1. The van der Waals surface area contributed by atoms with Gasteiger partial charge in [-0.05, 0) is 75.1 Å². The predicted molar refractivity (Wildman–Crippen MR) is 140 cm³/mol. The smallest absolute Gasteiger partial charge is 0.229 e. The van der Waals surface area contributed by atoms with Gasteiger partial charge in [0.25, 0.3) is 0 Å². The Labute approximate surface area is 216 Å². The third kappa shape index (κ3) is 5.48. The minimum Gasteiger partial charge on any atom is -0.380 e. The Morgan fingerprint density at radius 3 is 2.61 bits per heavy atom. The molecule has 5 rings (SSSR count). The zero-order chi connectivity index (χ0) is 25.2. The third-order valence-electron chi connectivity index (χ3n) is 7.46. The van der Waals surface area contributed by atoms with Crippen LogP contribution >= 0.6 is 11.6 Å². The molecular weight excluding hydrogens is 481 g/mol. The van der Waals surface area contributed by atoms with Crippen molar-refractivity contribution in [2.75, 3.05) is 30.8 Å². The number of nitrogens with one attached hydrogen (secondary N) is 3. The largest absolute Gasteiger partial charge is 0.380 e. The molecule has 1 aliphatic carbocycles. The van der Waals surface area contributed by atoms with Crippen LogP contribution in [0.15, 0.2) is 24.4 Å². The van der Waals surface area contributed by atoms with E-state index in [-0.39, 0.29) is 11.8 Å². The molecule has 0 spiro atoms. The van der Waals surface area contributed by atoms with Crippen LogP contribution in [-0.2, 0) is 4.74 Å². The molecule has 1 aliphatic heterocycles. The zero-order valence-electron chi connectivity index (χ0n) is 20.9. The molecule has 8 nitrogen and oxygen atoms in total. The van der Waals surface area contributed by atoms with E-state index in [9.17, 15) is 0 Å². The highest BCUT2D eigenvalue weighted by Gasteiger charge is 2.32. The standard InChI is InChI=1S/C26H33ClFN7O/c1-15-10-23(30-26-29-13-21(27)25(32-26)31-24-11-16(2)33-34-24)22(28)12-20(15)17-4-6-18(7-5-17)35-9-8-19(14-35)36-3/h10-13,17-19H,4-9,14H2,1-3H3,(H3,29,30,31,32,33,34)/t17?,18?,19-/m0/s1. The number of hydrogen-bond acceptors (Lipinski definition) is 7. The van der Waals surface area contributed by atoms with E-state index < -0.39 is 0 Å². The normalized spacial score (nSPS) is 22.6. The summed E-state index contributed by atoms with van der Waals surface area (Å²) in [4.78, 5) is 11.2. The molecule has 3 aromatic rings. The van der Waals surface area contributed by atoms with Gasteiger partial charge in [-0.1, -0.05) is 11.6 Å². The van der Waals surface area contributed by atoms with E-state index in [4.69, 9.17) is 16.3 Å². The van der Waals surface area contributed by atoms with Gasteiger partial charge < -0.3 is 15.4 Å². The number of H-pyrrole nitrogens is 1. The van der Waals surface area contributed by atoms with Crippen LogP contribution in [0.1, 0.15) is 54.8 Å². The number of aromatic amines is 1. The summed E-state index contributed by atoms with van der Waals surface area (Å²) in [5.74, 6) is 1.30. The van der Waals surface area contributed by atoms with E-state index in [2.05, 4.69) is 35.7 Å². The average molecular weight is 514 g/mol. The Morgan fingerprint density at radius 2 is 1.92 bits per heavy atom. The van der Waals surface area contributed by atoms with Gasteiger partial charge in [0, 0.05) is 38.0 Å². The molecule has 36 heavy (non-hydrogen) atoms. The van der Waals surface area contributed by atoms with Crippen molar-refractivity contribution < 1.29 is 9.13 Å². The minimum atomic E-state index is -0.309. The molecule has 2 aliphatic rings. The summed E-state index contributed by atoms with van der Waals surface area (Å²) in [5, 5.41) is 13.4. The van der Waals surface area contributed by atoms with Crippen LogP contribution in [0.5, 0.6) is 0 Å². The van der Waals surface area contributed by atoms with Gasteiger partial charge in [0.1, 0.15) is 10.8 Å². The number of rotatable bonds is 7. The summed E-state index contributed by atoms with van der Waals surface area (Å²) in [6.07, 6.45) is 7.41. The molecule has 0 unspecified atom stereocenters. The van der Waals surface area contributed by atoms with Gasteiger partial charge in [-0.25, -0.2) is 9.37 Å². The first-order valence-corrected chi connectivity index (χ1v) is 12.9. The van der Waals surface area contributed by atoms with Crippen molar-refractivity contribution in [3.63, 3.8) is 0 Å². The Balaban J connectivity index is 1.25. The van der Waals surface area contributed by atoms with Gasteiger partial charge in [-0.2, -0.15) is 10.1 Å². The van der Waals surface area contributed by atoms with Crippen LogP contribution in [0.3, 0.4) is 0 Å². The maximum Gasteiger partial charge on any atom is 0.229 e. The van der Waals surface area contributed by atoms with Crippen LogP contribution in [0.25, 0.3) is 0 Å². The molecule has 0 radical (unpaired) electrons. The summed E-state index contributed by atoms with van der Waals surface area (Å²) in [6, 6.07) is 5.98. The maximum absolute atomic E-state index is 15.2. The van der Waals surface area contributed by atoms with Gasteiger partial charge in [-0.15, -0.1) is 0 Å². The quantitative estimate of drug-likeness (QED) is 0.365. The first-order chi connectivity index (χ1) is 17.4. The molecule has 0 bridgehead atoms. The summed E-state index contributed by atoms with van der Waals surface area (Å²) in [5.41, 5.74) is 3.42. The van der Waals surface area contributed by atoms with Crippen LogP contribution in [0.2, 0.25) is 5.02 Å². The first kappa shape index (κ1) is 24.9. The summed E-state index contributed by atoms with van der Waals surface area (Å²) < 4.78 is 20.7. The molecule has 1 atom stereocenters. The van der Waals surface area contributed by atoms with E-state index in [1.54, 1.807) is 13.2 Å². The van der Waals surface area contributed by atoms with Crippen LogP contribution in [0.4, 0.5) is 27.7 Å². The molecule has 1 saturated heterocycles. The minimum absolute atomic E-state index is 0.251. The van der Waals surface area contributed by atoms with Gasteiger partial charge in [0.05, 0.1) is 18.0 Å². The molecule has 1 saturated carbocycles. The molecule has 10 heteroatoms. The van der Waals surface area contributed by atoms with Crippen molar-refractivity contribution in [2.45, 2.75) is 64.0 Å². The number of halogens is 2. The van der Waals surface area contributed by atoms with Gasteiger partial charge in [0.2, 0.25) is 5.95 Å². The highest BCUT2D eigenvalue weighted by atomic mass is 35.5. The first-order valence-electron chi connectivity index (χ1n) is 12.5. The van der Waals surface area contributed by atoms with Crippen molar-refractivity contribution in [1.82, 2.24) is 25.1 Å². The molecular formula is C26H33ClFN7O. The number of methoxy groups -OCH3 is 1. The van der Waals surface area contributed by atoms with Crippen LogP contribution < -0.4 is 10.6 Å². The zero-order valence-corrected chi connectivity index (χ0v) is 21.7. The fourth-order valence-electron chi connectivity index (χ4n) is 5.50. The van der Waals surface area contributed by atoms with E-state index in [0.29, 0.717) is 40.4 Å². The Morgan fingerprint density at radius 1 is 1.11 bits per heavy atom. The van der Waals surface area contributed by atoms with Crippen LogP contribution in [0, 0.1) is 19.7 Å². The van der Waals surface area contributed by atoms with Crippen molar-refractivity contribution in [3.05, 3.63) is 52.1 Å². The number of ether oxygens (including phenoxy) is 1. The van der Waals surface area contributed by atoms with Crippen molar-refractivity contribution in [1.29, 1.82) is 0 Å².